The molecule has 2 N–H and O–H groups in total. The maximum Gasteiger partial charge on any atom is 0.263 e. The van der Waals surface area contributed by atoms with Gasteiger partial charge in [0.25, 0.3) is 11.5 Å². The van der Waals surface area contributed by atoms with Gasteiger partial charge in [-0.25, -0.2) is 4.98 Å². The lowest BCUT2D eigenvalue weighted by Gasteiger charge is -2.16. The van der Waals surface area contributed by atoms with Gasteiger partial charge in [-0.2, -0.15) is 0 Å². The molecule has 1 amide bonds. The fourth-order valence-electron chi connectivity index (χ4n) is 4.67. The van der Waals surface area contributed by atoms with Crippen molar-refractivity contribution in [2.75, 3.05) is 13.7 Å². The van der Waals surface area contributed by atoms with E-state index in [0.29, 0.717) is 37.6 Å². The average Bonchev–Trinajstić information content (AvgIpc) is 3.70. The molecule has 0 unspecified atom stereocenters. The lowest BCUT2D eigenvalue weighted by molar-refractivity contribution is 0.0952. The second kappa shape index (κ2) is 9.33. The molecule has 0 atom stereocenters. The summed E-state index contributed by atoms with van der Waals surface area (Å²) in [5.74, 6) is 1.59. The molecule has 5 aromatic rings. The number of pyridine rings is 1. The number of methoxy groups -OCH3 is 1. The largest absolute Gasteiger partial charge is 0.506 e. The van der Waals surface area contributed by atoms with Crippen LogP contribution in [0.4, 0.5) is 0 Å². The highest BCUT2D eigenvalue weighted by Crippen LogP contribution is 2.46. The molecule has 0 saturated heterocycles. The van der Waals surface area contributed by atoms with Gasteiger partial charge < -0.3 is 15.2 Å². The van der Waals surface area contributed by atoms with Crippen LogP contribution in [0.5, 0.6) is 11.5 Å². The Balaban J connectivity index is 1.48. The number of phenols is 1. The second-order valence-corrected chi connectivity index (χ2v) is 10.0. The number of nitrogens with one attached hydrogen (secondary N) is 1. The predicted molar refractivity (Wildman–Crippen MR) is 144 cm³/mol. The first-order chi connectivity index (χ1) is 18.0. The Morgan fingerprint density at radius 3 is 2.76 bits per heavy atom. The van der Waals surface area contributed by atoms with E-state index in [1.807, 2.05) is 24.3 Å². The molecule has 1 saturated carbocycles. The van der Waals surface area contributed by atoms with Gasteiger partial charge in [0.2, 0.25) is 0 Å². The van der Waals surface area contributed by atoms with Gasteiger partial charge in [-0.1, -0.05) is 12.1 Å². The van der Waals surface area contributed by atoms with E-state index in [4.69, 9.17) is 9.72 Å². The summed E-state index contributed by atoms with van der Waals surface area (Å²) in [7, 11) is 1.64. The number of carbonyl (C=O) groups excluding carboxylic acids is 1. The summed E-state index contributed by atoms with van der Waals surface area (Å²) >= 11 is 1.31. The molecular formula is C28H24N4O4S. The summed E-state index contributed by atoms with van der Waals surface area (Å²) in [4.78, 5) is 36.1. The molecule has 1 aliphatic rings. The number of aromatic nitrogens is 3. The number of fused-ring (bicyclic) bond motifs is 3. The Morgan fingerprint density at radius 1 is 1.19 bits per heavy atom. The van der Waals surface area contributed by atoms with Gasteiger partial charge in [0.05, 0.1) is 17.2 Å². The van der Waals surface area contributed by atoms with Crippen molar-refractivity contribution < 1.29 is 14.6 Å². The number of rotatable bonds is 7. The average molecular weight is 513 g/mol. The minimum Gasteiger partial charge on any atom is -0.506 e. The van der Waals surface area contributed by atoms with Gasteiger partial charge in [0, 0.05) is 42.0 Å². The van der Waals surface area contributed by atoms with Crippen molar-refractivity contribution in [3.63, 3.8) is 0 Å². The van der Waals surface area contributed by atoms with Crippen LogP contribution in [0.1, 0.15) is 34.7 Å². The number of hydrogen-bond donors (Lipinski definition) is 2. The van der Waals surface area contributed by atoms with Crippen LogP contribution in [-0.4, -0.2) is 39.2 Å². The summed E-state index contributed by atoms with van der Waals surface area (Å²) < 4.78 is 7.74. The van der Waals surface area contributed by atoms with Crippen molar-refractivity contribution in [1.29, 1.82) is 0 Å². The van der Waals surface area contributed by atoms with Crippen LogP contribution >= 0.6 is 11.3 Å². The summed E-state index contributed by atoms with van der Waals surface area (Å²) in [5.41, 5.74) is 2.28. The number of carbonyl (C=O) groups is 1. The third-order valence-electron chi connectivity index (χ3n) is 6.68. The van der Waals surface area contributed by atoms with Gasteiger partial charge in [-0.15, -0.1) is 11.3 Å². The Hall–Kier alpha value is -4.24. The minimum atomic E-state index is -0.236. The van der Waals surface area contributed by atoms with Crippen molar-refractivity contribution in [2.45, 2.75) is 25.3 Å². The minimum absolute atomic E-state index is 0.126. The van der Waals surface area contributed by atoms with E-state index in [2.05, 4.69) is 10.3 Å². The van der Waals surface area contributed by atoms with E-state index in [9.17, 15) is 14.7 Å². The van der Waals surface area contributed by atoms with Crippen LogP contribution < -0.4 is 15.6 Å². The van der Waals surface area contributed by atoms with Gasteiger partial charge in [0.1, 0.15) is 22.2 Å². The Bertz CT molecular complexity index is 1710. The zero-order chi connectivity index (χ0) is 25.5. The summed E-state index contributed by atoms with van der Waals surface area (Å²) in [6, 6.07) is 14.3. The molecule has 0 radical (unpaired) electrons. The van der Waals surface area contributed by atoms with Crippen LogP contribution in [0.15, 0.2) is 65.7 Å². The lowest BCUT2D eigenvalue weighted by atomic mass is 10.0. The van der Waals surface area contributed by atoms with Crippen molar-refractivity contribution in [1.82, 2.24) is 19.9 Å². The molecule has 3 aromatic heterocycles. The number of aromatic hydroxyl groups is 1. The first-order valence-corrected chi connectivity index (χ1v) is 12.9. The van der Waals surface area contributed by atoms with E-state index in [-0.39, 0.29) is 30.3 Å². The van der Waals surface area contributed by atoms with Gasteiger partial charge in [0.15, 0.2) is 0 Å². The van der Waals surface area contributed by atoms with Crippen LogP contribution in [0.25, 0.3) is 31.7 Å². The van der Waals surface area contributed by atoms with Crippen molar-refractivity contribution in [3.8, 4) is 22.9 Å². The highest BCUT2D eigenvalue weighted by atomic mass is 32.1. The van der Waals surface area contributed by atoms with E-state index in [0.717, 1.165) is 29.7 Å². The standard InChI is InChI=1S/C28H24N4O4S/c1-36-18-7-8-19(21(15-18)16-5-6-16)25-31-27-23(20-3-2-4-22(33)24(20)37-27)28(35)32(25)14-13-30-26(34)17-9-11-29-12-10-17/h2-4,7-12,15-16,33H,5-6,13-14H2,1H3,(H,30,34). The predicted octanol–water partition coefficient (Wildman–Crippen LogP) is 4.69. The molecule has 6 rings (SSSR count). The Labute approximate surface area is 216 Å². The van der Waals surface area contributed by atoms with Gasteiger partial charge >= 0.3 is 0 Å². The zero-order valence-corrected chi connectivity index (χ0v) is 20.9. The molecule has 1 aliphatic carbocycles. The maximum atomic E-state index is 14.0. The topological polar surface area (TPSA) is 106 Å². The normalized spacial score (nSPS) is 13.2. The van der Waals surface area contributed by atoms with Crippen molar-refractivity contribution in [2.24, 2.45) is 0 Å². The maximum absolute atomic E-state index is 14.0. The van der Waals surface area contributed by atoms with Gasteiger partial charge in [-0.3, -0.25) is 19.1 Å². The van der Waals surface area contributed by atoms with E-state index < -0.39 is 0 Å². The number of phenolic OH excluding ortho intramolecular Hbond substituents is 1. The molecule has 3 heterocycles. The Morgan fingerprint density at radius 2 is 2.00 bits per heavy atom. The van der Waals surface area contributed by atoms with Crippen molar-refractivity contribution in [3.05, 3.63) is 82.4 Å². The first-order valence-electron chi connectivity index (χ1n) is 12.1. The Kier molecular flexibility index (Phi) is 5.84. The summed E-state index contributed by atoms with van der Waals surface area (Å²) in [5, 5.41) is 14.5. The fourth-order valence-corrected chi connectivity index (χ4v) is 5.75. The summed E-state index contributed by atoms with van der Waals surface area (Å²) in [6.07, 6.45) is 5.28. The third kappa shape index (κ3) is 4.21. The number of hydrogen-bond acceptors (Lipinski definition) is 7. The number of nitrogens with zero attached hydrogens (tertiary/aromatic N) is 3. The van der Waals surface area contributed by atoms with Crippen LogP contribution in [-0.2, 0) is 6.54 Å². The number of ether oxygens (including phenoxy) is 1. The SMILES string of the molecule is COc1ccc(-c2nc3sc4c(O)cccc4c3c(=O)n2CCNC(=O)c2ccncc2)c(C2CC2)c1. The molecule has 186 valence electrons. The van der Waals surface area contributed by atoms with E-state index in [1.54, 1.807) is 48.3 Å². The smallest absolute Gasteiger partial charge is 0.263 e. The molecule has 8 nitrogen and oxygen atoms in total. The van der Waals surface area contributed by atoms with Crippen LogP contribution in [0.2, 0.25) is 0 Å². The van der Waals surface area contributed by atoms with Crippen LogP contribution in [0.3, 0.4) is 0 Å². The zero-order valence-electron chi connectivity index (χ0n) is 20.1. The van der Waals surface area contributed by atoms with E-state index >= 15 is 0 Å². The number of thiophene rings is 1. The number of benzene rings is 2. The molecule has 0 bridgehead atoms. The molecular weight excluding hydrogens is 488 g/mol. The fraction of sp³-hybridized carbons (Fsp3) is 0.214. The highest BCUT2D eigenvalue weighted by Gasteiger charge is 2.29. The molecule has 9 heteroatoms. The third-order valence-corrected chi connectivity index (χ3v) is 7.80. The van der Waals surface area contributed by atoms with Gasteiger partial charge in [-0.05, 0) is 60.7 Å². The molecule has 0 aliphatic heterocycles. The molecule has 1 fully saturated rings. The second-order valence-electron chi connectivity index (χ2n) is 9.05. The molecule has 37 heavy (non-hydrogen) atoms. The summed E-state index contributed by atoms with van der Waals surface area (Å²) in [6.45, 7) is 0.476. The monoisotopic (exact) mass is 512 g/mol. The molecule has 2 aromatic carbocycles. The lowest BCUT2D eigenvalue weighted by Crippen LogP contribution is -2.32. The van der Waals surface area contributed by atoms with E-state index in [1.165, 1.54) is 11.3 Å². The number of amides is 1. The quantitative estimate of drug-likeness (QED) is 0.328. The first kappa shape index (κ1) is 23.2. The highest BCUT2D eigenvalue weighted by molar-refractivity contribution is 7.25. The van der Waals surface area contributed by atoms with Crippen LogP contribution in [0, 0.1) is 0 Å². The molecule has 0 spiro atoms. The van der Waals surface area contributed by atoms with Crippen molar-refractivity contribution >= 4 is 37.5 Å².